The number of morpholine rings is 1. The highest BCUT2D eigenvalue weighted by Gasteiger charge is 2.25. The van der Waals surface area contributed by atoms with E-state index in [0.717, 1.165) is 31.2 Å². The van der Waals surface area contributed by atoms with Crippen molar-refractivity contribution in [3.05, 3.63) is 35.9 Å². The molecule has 1 aliphatic heterocycles. The molecule has 2 fully saturated rings. The largest absolute Gasteiger partial charge is 0.370 e. The molecule has 1 saturated carbocycles. The van der Waals surface area contributed by atoms with Crippen LogP contribution in [0.2, 0.25) is 0 Å². The van der Waals surface area contributed by atoms with Crippen molar-refractivity contribution in [1.29, 1.82) is 0 Å². The van der Waals surface area contributed by atoms with E-state index in [1.54, 1.807) is 0 Å². The number of nitrogens with zero attached hydrogens (tertiary/aromatic N) is 1. The molecule has 0 spiro atoms. The van der Waals surface area contributed by atoms with E-state index in [9.17, 15) is 9.59 Å². The first-order chi connectivity index (χ1) is 12.7. The van der Waals surface area contributed by atoms with E-state index in [2.05, 4.69) is 5.32 Å². The Morgan fingerprint density at radius 1 is 1.12 bits per heavy atom. The second-order valence-corrected chi connectivity index (χ2v) is 7.34. The van der Waals surface area contributed by atoms with Gasteiger partial charge in [-0.15, -0.1) is 0 Å². The minimum Gasteiger partial charge on any atom is -0.370 e. The van der Waals surface area contributed by atoms with Crippen molar-refractivity contribution in [2.45, 2.75) is 51.0 Å². The molecule has 1 N–H and O–H groups in total. The first-order valence-electron chi connectivity index (χ1n) is 9.96. The molecule has 142 valence electrons. The summed E-state index contributed by atoms with van der Waals surface area (Å²) in [6.45, 7) is 2.42. The quantitative estimate of drug-likeness (QED) is 0.795. The Hall–Kier alpha value is -1.88. The fraction of sp³-hybridized carbons (Fsp3) is 0.619. The zero-order chi connectivity index (χ0) is 18.2. The summed E-state index contributed by atoms with van der Waals surface area (Å²) in [5, 5.41) is 3.01. The van der Waals surface area contributed by atoms with Gasteiger partial charge in [-0.3, -0.25) is 9.59 Å². The number of carbonyl (C=O) groups is 2. The van der Waals surface area contributed by atoms with Crippen LogP contribution in [0, 0.1) is 5.92 Å². The number of carbonyl (C=O) groups excluding carboxylic acids is 2. The zero-order valence-corrected chi connectivity index (χ0v) is 15.5. The number of ether oxygens (including phenoxy) is 1. The van der Waals surface area contributed by atoms with Crippen molar-refractivity contribution >= 4 is 11.8 Å². The molecule has 5 heteroatoms. The van der Waals surface area contributed by atoms with E-state index in [-0.39, 0.29) is 23.8 Å². The third-order valence-electron chi connectivity index (χ3n) is 5.43. The van der Waals surface area contributed by atoms with Crippen LogP contribution in [-0.4, -0.2) is 43.0 Å². The van der Waals surface area contributed by atoms with Crippen LogP contribution in [0.1, 0.15) is 56.6 Å². The Morgan fingerprint density at radius 3 is 2.65 bits per heavy atom. The van der Waals surface area contributed by atoms with Crippen LogP contribution in [-0.2, 0) is 14.3 Å². The number of hydrogen-bond acceptors (Lipinski definition) is 3. The molecule has 1 unspecified atom stereocenters. The third kappa shape index (κ3) is 5.31. The second kappa shape index (κ2) is 9.72. The summed E-state index contributed by atoms with van der Waals surface area (Å²) >= 11 is 0. The highest BCUT2D eigenvalue weighted by Crippen LogP contribution is 2.24. The highest BCUT2D eigenvalue weighted by atomic mass is 16.5. The van der Waals surface area contributed by atoms with Gasteiger partial charge in [-0.25, -0.2) is 0 Å². The number of amides is 2. The van der Waals surface area contributed by atoms with Crippen LogP contribution >= 0.6 is 0 Å². The average Bonchev–Trinajstić information content (AvgIpc) is 2.72. The summed E-state index contributed by atoms with van der Waals surface area (Å²) in [7, 11) is 0. The number of benzene rings is 1. The third-order valence-corrected chi connectivity index (χ3v) is 5.43. The van der Waals surface area contributed by atoms with E-state index in [1.807, 2.05) is 35.2 Å². The van der Waals surface area contributed by atoms with E-state index in [4.69, 9.17) is 4.74 Å². The SMILES string of the molecule is O=C(NCCCC(=O)N1CCOC(c2ccccc2)C1)C1CCCCC1. The molecule has 0 bridgehead atoms. The highest BCUT2D eigenvalue weighted by molar-refractivity contribution is 5.79. The summed E-state index contributed by atoms with van der Waals surface area (Å²) in [5.74, 6) is 0.513. The molecule has 1 aromatic rings. The normalized spacial score (nSPS) is 21.4. The van der Waals surface area contributed by atoms with E-state index >= 15 is 0 Å². The van der Waals surface area contributed by atoms with Gasteiger partial charge in [0.2, 0.25) is 11.8 Å². The minimum absolute atomic E-state index is 0.0418. The number of rotatable bonds is 6. The maximum Gasteiger partial charge on any atom is 0.223 e. The van der Waals surface area contributed by atoms with Crippen LogP contribution in [0.25, 0.3) is 0 Å². The fourth-order valence-corrected chi connectivity index (χ4v) is 3.86. The maximum absolute atomic E-state index is 12.5. The first kappa shape index (κ1) is 18.9. The van der Waals surface area contributed by atoms with Crippen molar-refractivity contribution < 1.29 is 14.3 Å². The zero-order valence-electron chi connectivity index (χ0n) is 15.5. The lowest BCUT2D eigenvalue weighted by Gasteiger charge is -2.33. The molecule has 1 aromatic carbocycles. The molecule has 1 heterocycles. The van der Waals surface area contributed by atoms with E-state index < -0.39 is 0 Å². The first-order valence-corrected chi connectivity index (χ1v) is 9.96. The minimum atomic E-state index is -0.0418. The van der Waals surface area contributed by atoms with Crippen molar-refractivity contribution in [1.82, 2.24) is 10.2 Å². The van der Waals surface area contributed by atoms with Gasteiger partial charge >= 0.3 is 0 Å². The summed E-state index contributed by atoms with van der Waals surface area (Å²) in [6, 6.07) is 10.1. The van der Waals surface area contributed by atoms with Crippen molar-refractivity contribution in [2.75, 3.05) is 26.2 Å². The van der Waals surface area contributed by atoms with Crippen molar-refractivity contribution in [3.63, 3.8) is 0 Å². The molecule has 26 heavy (non-hydrogen) atoms. The van der Waals surface area contributed by atoms with Gasteiger partial charge in [0.1, 0.15) is 6.10 Å². The lowest BCUT2D eigenvalue weighted by molar-refractivity contribution is -0.139. The lowest BCUT2D eigenvalue weighted by atomic mass is 9.89. The molecule has 5 nitrogen and oxygen atoms in total. The van der Waals surface area contributed by atoms with Gasteiger partial charge < -0.3 is 15.0 Å². The van der Waals surface area contributed by atoms with Gasteiger partial charge in [0.05, 0.1) is 13.2 Å². The molecule has 0 radical (unpaired) electrons. The fourth-order valence-electron chi connectivity index (χ4n) is 3.86. The molecule has 2 aliphatic rings. The standard InChI is InChI=1S/C21H30N2O3/c24-20(12-7-13-22-21(25)18-10-5-2-6-11-18)23-14-15-26-19(16-23)17-8-3-1-4-9-17/h1,3-4,8-9,18-19H,2,5-7,10-16H2,(H,22,25). The van der Waals surface area contributed by atoms with Gasteiger partial charge in [0.25, 0.3) is 0 Å². The Labute approximate surface area is 156 Å². The number of hydrogen-bond donors (Lipinski definition) is 1. The molecule has 2 amide bonds. The van der Waals surface area contributed by atoms with Crippen molar-refractivity contribution in [3.8, 4) is 0 Å². The van der Waals surface area contributed by atoms with Crippen LogP contribution in [0.4, 0.5) is 0 Å². The smallest absolute Gasteiger partial charge is 0.223 e. The molecule has 3 rings (SSSR count). The van der Waals surface area contributed by atoms with Gasteiger partial charge in [-0.05, 0) is 24.8 Å². The lowest BCUT2D eigenvalue weighted by Crippen LogP contribution is -2.42. The molecule has 1 aliphatic carbocycles. The van der Waals surface area contributed by atoms with Gasteiger partial charge in [-0.2, -0.15) is 0 Å². The van der Waals surface area contributed by atoms with E-state index in [1.165, 1.54) is 6.42 Å². The summed E-state index contributed by atoms with van der Waals surface area (Å²) < 4.78 is 5.82. The monoisotopic (exact) mass is 358 g/mol. The van der Waals surface area contributed by atoms with Crippen LogP contribution in [0.15, 0.2) is 30.3 Å². The Bertz CT molecular complexity index is 584. The summed E-state index contributed by atoms with van der Waals surface area (Å²) in [5.41, 5.74) is 1.12. The van der Waals surface area contributed by atoms with Crippen LogP contribution < -0.4 is 5.32 Å². The Morgan fingerprint density at radius 2 is 1.88 bits per heavy atom. The molecule has 0 aromatic heterocycles. The van der Waals surface area contributed by atoms with Crippen molar-refractivity contribution in [2.24, 2.45) is 5.92 Å². The predicted molar refractivity (Wildman–Crippen MR) is 101 cm³/mol. The van der Waals surface area contributed by atoms with E-state index in [0.29, 0.717) is 39.1 Å². The topological polar surface area (TPSA) is 58.6 Å². The summed E-state index contributed by atoms with van der Waals surface area (Å²) in [6.07, 6.45) is 6.74. The predicted octanol–water partition coefficient (Wildman–Crippen LogP) is 3.06. The second-order valence-electron chi connectivity index (χ2n) is 7.34. The van der Waals surface area contributed by atoms with Crippen LogP contribution in [0.5, 0.6) is 0 Å². The Kier molecular flexibility index (Phi) is 7.06. The number of nitrogens with one attached hydrogen (secondary N) is 1. The molecule has 1 saturated heterocycles. The van der Waals surface area contributed by atoms with Gasteiger partial charge in [0.15, 0.2) is 0 Å². The van der Waals surface area contributed by atoms with Gasteiger partial charge in [-0.1, -0.05) is 49.6 Å². The average molecular weight is 358 g/mol. The molecular formula is C21H30N2O3. The van der Waals surface area contributed by atoms with Gasteiger partial charge in [0, 0.05) is 25.4 Å². The molecule has 1 atom stereocenters. The summed E-state index contributed by atoms with van der Waals surface area (Å²) in [4.78, 5) is 26.5. The Balaban J connectivity index is 1.37. The molecular weight excluding hydrogens is 328 g/mol. The van der Waals surface area contributed by atoms with Crippen LogP contribution in [0.3, 0.4) is 0 Å². The maximum atomic E-state index is 12.5.